The minimum Gasteiger partial charge on any atom is -0.657 e. The van der Waals surface area contributed by atoms with E-state index in [0.29, 0.717) is 0 Å². The van der Waals surface area contributed by atoms with Crippen LogP contribution in [-0.2, 0) is 20.4 Å². The second kappa shape index (κ2) is 13.0. The number of nitrogens with one attached hydrogen (secondary N) is 2. The summed E-state index contributed by atoms with van der Waals surface area (Å²) >= 11 is 0. The third-order valence-electron chi connectivity index (χ3n) is 9.00. The normalized spacial score (nSPS) is 17.0. The Labute approximate surface area is 297 Å². The van der Waals surface area contributed by atoms with Crippen LogP contribution in [0.25, 0.3) is 22.3 Å². The maximum Gasteiger partial charge on any atom is 2.00 e. The first kappa shape index (κ1) is 30.5. The van der Waals surface area contributed by atoms with Gasteiger partial charge in [-0.05, 0) is 68.8 Å². The molecular formula is C44H30N4Pd. The van der Waals surface area contributed by atoms with Gasteiger partial charge in [0.2, 0.25) is 0 Å². The van der Waals surface area contributed by atoms with Crippen molar-refractivity contribution in [2.45, 2.75) is 0 Å². The molecule has 0 saturated heterocycles. The molecule has 5 heterocycles. The van der Waals surface area contributed by atoms with Crippen molar-refractivity contribution < 1.29 is 20.4 Å². The van der Waals surface area contributed by atoms with Gasteiger partial charge in [0.15, 0.2) is 0 Å². The molecule has 0 saturated carbocycles. The topological polar surface area (TPSA) is 59.8 Å². The predicted octanol–water partition coefficient (Wildman–Crippen LogP) is 5.56. The van der Waals surface area contributed by atoms with Crippen molar-refractivity contribution in [1.82, 2.24) is 19.9 Å². The van der Waals surface area contributed by atoms with Crippen LogP contribution < -0.4 is 31.4 Å². The van der Waals surface area contributed by atoms with Crippen molar-refractivity contribution in [3.05, 3.63) is 236 Å². The van der Waals surface area contributed by atoms with Crippen LogP contribution in [0.5, 0.6) is 0 Å². The van der Waals surface area contributed by atoms with Gasteiger partial charge in [-0.2, -0.15) is 0 Å². The monoisotopic (exact) mass is 720 g/mol. The van der Waals surface area contributed by atoms with Crippen LogP contribution in [0.3, 0.4) is 0 Å². The Bertz CT molecular complexity index is 2280. The largest absolute Gasteiger partial charge is 2.00 e. The standard InChI is InChI=1S/C44H30N4.Pd/c1-5-13-29(14-6-1)41-33-21-23-35(45-33)42(30-15-7-2-8-16-30)37-25-27-39(47-37)44(32-19-11-4-12-20-32)40-28-26-38(48-40)43(31-17-9-3-10-18-31)36-24-22-34(41)46-36;/h1-28,45,48H;/q-2;+2/b41-33-,41-34?,42-35-,42-37?,43-36?,43-38-,44-39?,44-40-;. The number of aromatic nitrogens is 4. The molecule has 49 heavy (non-hydrogen) atoms. The first-order valence-corrected chi connectivity index (χ1v) is 16.2. The van der Waals surface area contributed by atoms with Gasteiger partial charge in [-0.3, -0.25) is 0 Å². The molecule has 4 aromatic carbocycles. The summed E-state index contributed by atoms with van der Waals surface area (Å²) in [4.78, 5) is 18.3. The van der Waals surface area contributed by atoms with Crippen LogP contribution in [0.2, 0.25) is 0 Å². The molecule has 1 aliphatic heterocycles. The van der Waals surface area contributed by atoms with E-state index in [4.69, 9.17) is 9.97 Å². The molecule has 8 bridgehead atoms. The van der Waals surface area contributed by atoms with E-state index in [1.807, 2.05) is 24.3 Å². The van der Waals surface area contributed by atoms with Gasteiger partial charge in [0.05, 0.1) is 0 Å². The molecule has 8 aromatic rings. The summed E-state index contributed by atoms with van der Waals surface area (Å²) < 4.78 is 0. The molecule has 4 nitrogen and oxygen atoms in total. The van der Waals surface area contributed by atoms with E-state index < -0.39 is 0 Å². The first-order valence-electron chi connectivity index (χ1n) is 16.2. The van der Waals surface area contributed by atoms with E-state index in [-0.39, 0.29) is 20.4 Å². The number of hydrogen-bond donors (Lipinski definition) is 2. The van der Waals surface area contributed by atoms with Crippen LogP contribution in [0.15, 0.2) is 170 Å². The number of hydrogen-bond acceptors (Lipinski definition) is 0. The molecule has 2 N–H and O–H groups in total. The van der Waals surface area contributed by atoms with Crippen molar-refractivity contribution in [3.63, 3.8) is 0 Å². The van der Waals surface area contributed by atoms with Crippen molar-refractivity contribution in [1.29, 1.82) is 0 Å². The second-order valence-electron chi connectivity index (χ2n) is 12.0. The Hall–Kier alpha value is -5.86. The van der Waals surface area contributed by atoms with Gasteiger partial charge in [-0.25, -0.2) is 0 Å². The number of nitrogens with zero attached hydrogens (tertiary/aromatic N) is 2. The zero-order valence-electron chi connectivity index (χ0n) is 26.4. The molecule has 0 amide bonds. The van der Waals surface area contributed by atoms with Gasteiger partial charge in [-0.15, -0.1) is 22.8 Å². The van der Waals surface area contributed by atoms with Crippen LogP contribution in [0.4, 0.5) is 0 Å². The first-order chi connectivity index (χ1) is 23.8. The molecule has 0 spiro atoms. The number of aromatic amines is 2. The van der Waals surface area contributed by atoms with Gasteiger partial charge < -0.3 is 19.9 Å². The van der Waals surface area contributed by atoms with E-state index in [2.05, 4.69) is 156 Å². The fourth-order valence-corrected chi connectivity index (χ4v) is 6.84. The van der Waals surface area contributed by atoms with Crippen LogP contribution in [0.1, 0.15) is 45.0 Å². The van der Waals surface area contributed by atoms with E-state index in [1.165, 1.54) is 0 Å². The number of H-pyrrole nitrogens is 2. The summed E-state index contributed by atoms with van der Waals surface area (Å²) in [6.45, 7) is 0. The Kier molecular flexibility index (Phi) is 8.07. The molecule has 236 valence electrons. The van der Waals surface area contributed by atoms with E-state index in [9.17, 15) is 0 Å². The summed E-state index contributed by atoms with van der Waals surface area (Å²) in [5, 5.41) is 3.97. The number of benzene rings is 4. The number of fused-ring (bicyclic) bond motifs is 8. The number of rotatable bonds is 4. The molecule has 9 rings (SSSR count). The van der Waals surface area contributed by atoms with Gasteiger partial charge in [0.1, 0.15) is 0 Å². The summed E-state index contributed by atoms with van der Waals surface area (Å²) in [5.41, 5.74) is 12.2. The predicted molar refractivity (Wildman–Crippen MR) is 192 cm³/mol. The molecule has 0 aliphatic carbocycles. The fourth-order valence-electron chi connectivity index (χ4n) is 6.84. The fraction of sp³-hybridized carbons (Fsp3) is 0. The Morgan fingerprint density at radius 3 is 0.714 bits per heavy atom. The van der Waals surface area contributed by atoms with Gasteiger partial charge >= 0.3 is 20.4 Å². The van der Waals surface area contributed by atoms with Crippen LogP contribution >= 0.6 is 0 Å². The SMILES string of the molecule is [Pd+2].c1ccc(/C2=c3\cc/c([nH]3)=C(\c3ccccc3)c3ccc([n-]3)/C(c3ccccc3)=c3/cc/c([nH]3)=C(\c3ccccc3)c3ccc2[n-]3)cc1. The molecular weight excluding hydrogens is 691 g/mol. The summed E-state index contributed by atoms with van der Waals surface area (Å²) in [6, 6.07) is 59.2. The average molecular weight is 721 g/mol. The van der Waals surface area contributed by atoms with Crippen molar-refractivity contribution >= 4 is 22.3 Å². The Morgan fingerprint density at radius 2 is 0.490 bits per heavy atom. The summed E-state index contributed by atoms with van der Waals surface area (Å²) in [5.74, 6) is 0. The molecule has 1 aliphatic rings. The zero-order valence-corrected chi connectivity index (χ0v) is 27.9. The van der Waals surface area contributed by atoms with E-state index in [0.717, 1.165) is 88.7 Å². The average Bonchev–Trinajstić information content (AvgIpc) is 3.98. The Balaban J connectivity index is 0.00000348. The Morgan fingerprint density at radius 1 is 0.265 bits per heavy atom. The third-order valence-corrected chi connectivity index (χ3v) is 9.00. The van der Waals surface area contributed by atoms with Crippen LogP contribution in [-0.4, -0.2) is 9.97 Å². The minimum atomic E-state index is 0. The zero-order chi connectivity index (χ0) is 31.9. The van der Waals surface area contributed by atoms with Gasteiger partial charge in [-0.1, -0.05) is 146 Å². The van der Waals surface area contributed by atoms with Crippen molar-refractivity contribution in [3.8, 4) is 0 Å². The van der Waals surface area contributed by atoms with Crippen LogP contribution in [0, 0.1) is 0 Å². The molecule has 5 heteroatoms. The van der Waals surface area contributed by atoms with E-state index >= 15 is 0 Å². The van der Waals surface area contributed by atoms with Crippen molar-refractivity contribution in [2.75, 3.05) is 0 Å². The quantitative estimate of drug-likeness (QED) is 0.234. The minimum absolute atomic E-state index is 0. The molecule has 0 atom stereocenters. The smallest absolute Gasteiger partial charge is 0.657 e. The molecule has 4 aromatic heterocycles. The molecule has 0 unspecified atom stereocenters. The second-order valence-corrected chi connectivity index (χ2v) is 12.0. The molecule has 0 radical (unpaired) electrons. The summed E-state index contributed by atoms with van der Waals surface area (Å²) in [7, 11) is 0. The van der Waals surface area contributed by atoms with E-state index in [1.54, 1.807) is 0 Å². The van der Waals surface area contributed by atoms with Crippen molar-refractivity contribution in [2.24, 2.45) is 0 Å². The molecule has 0 fully saturated rings. The summed E-state index contributed by atoms with van der Waals surface area (Å²) in [6.07, 6.45) is 0. The third kappa shape index (κ3) is 5.60. The maximum absolute atomic E-state index is 5.35. The van der Waals surface area contributed by atoms with Gasteiger partial charge in [0.25, 0.3) is 0 Å². The maximum atomic E-state index is 5.35. The van der Waals surface area contributed by atoms with Gasteiger partial charge in [0, 0.05) is 21.4 Å².